The molecule has 2 N–H and O–H groups in total. The first-order valence-electron chi connectivity index (χ1n) is 8.79. The molecule has 0 aromatic carbocycles. The topological polar surface area (TPSA) is 89.7 Å². The number of hydrogen-bond acceptors (Lipinski definition) is 4. The van der Waals surface area contributed by atoms with Crippen molar-refractivity contribution < 1.29 is 13.6 Å². The largest absolute Gasteiger partial charge is 0.337 e. The molecule has 0 bridgehead atoms. The maximum atomic E-state index is 12.3. The summed E-state index contributed by atoms with van der Waals surface area (Å²) in [5.41, 5.74) is 2.03. The highest BCUT2D eigenvalue weighted by Gasteiger charge is 2.08. The Morgan fingerprint density at radius 2 is 2.21 bits per heavy atom. The third kappa shape index (κ3) is 6.14. The number of aryl methyl sites for hydroxylation is 1. The summed E-state index contributed by atoms with van der Waals surface area (Å²) in [4.78, 5) is 20.0. The molecule has 0 unspecified atom stereocenters. The lowest BCUT2D eigenvalue weighted by Crippen LogP contribution is -2.30. The molecule has 2 amide bonds. The van der Waals surface area contributed by atoms with Crippen LogP contribution in [0.25, 0.3) is 0 Å². The molecular formula is C19H19F2N7O. The molecule has 0 fully saturated rings. The first-order valence-corrected chi connectivity index (χ1v) is 8.79. The van der Waals surface area contributed by atoms with E-state index < -0.39 is 19.0 Å². The Balaban J connectivity index is 1.48. The highest BCUT2D eigenvalue weighted by Crippen LogP contribution is 2.07. The zero-order chi connectivity index (χ0) is 20.6. The number of imidazole rings is 1. The second-order valence-corrected chi connectivity index (χ2v) is 6.11. The van der Waals surface area contributed by atoms with Gasteiger partial charge in [0, 0.05) is 50.2 Å². The molecule has 10 heteroatoms. The van der Waals surface area contributed by atoms with E-state index in [2.05, 4.69) is 37.5 Å². The van der Waals surface area contributed by atoms with E-state index in [9.17, 15) is 13.6 Å². The molecule has 0 aliphatic heterocycles. The number of carbonyl (C=O) groups is 1. The number of anilines is 1. The van der Waals surface area contributed by atoms with E-state index in [1.54, 1.807) is 36.3 Å². The summed E-state index contributed by atoms with van der Waals surface area (Å²) in [5.74, 6) is 6.32. The van der Waals surface area contributed by atoms with Crippen LogP contribution in [0.1, 0.15) is 17.0 Å². The number of pyridine rings is 1. The summed E-state index contributed by atoms with van der Waals surface area (Å²) in [5, 5.41) is 9.51. The van der Waals surface area contributed by atoms with Crippen molar-refractivity contribution in [3.63, 3.8) is 0 Å². The first kappa shape index (κ1) is 20.0. The Bertz CT molecular complexity index is 1020. The predicted molar refractivity (Wildman–Crippen MR) is 102 cm³/mol. The quantitative estimate of drug-likeness (QED) is 0.621. The Morgan fingerprint density at radius 1 is 1.34 bits per heavy atom. The van der Waals surface area contributed by atoms with Crippen molar-refractivity contribution in [2.45, 2.75) is 19.4 Å². The summed E-state index contributed by atoms with van der Waals surface area (Å²) in [6.45, 7) is -0.0926. The molecule has 3 aromatic rings. The molecule has 29 heavy (non-hydrogen) atoms. The predicted octanol–water partition coefficient (Wildman–Crippen LogP) is 2.04. The second kappa shape index (κ2) is 9.45. The SMILES string of the molecule is Cn1nc(NC(=O)NCCc2cn(CC(F)F)cn2)cc1C#Cc1cccnc1. The summed E-state index contributed by atoms with van der Waals surface area (Å²) in [7, 11) is 1.73. The number of hydrogen-bond donors (Lipinski definition) is 2. The highest BCUT2D eigenvalue weighted by atomic mass is 19.3. The number of aromatic nitrogens is 5. The van der Waals surface area contributed by atoms with Gasteiger partial charge in [0.25, 0.3) is 6.43 Å². The number of urea groups is 1. The number of carbonyl (C=O) groups excluding carboxylic acids is 1. The van der Waals surface area contributed by atoms with Crippen LogP contribution in [0.15, 0.2) is 43.1 Å². The summed E-state index contributed by atoms with van der Waals surface area (Å²) in [6, 6.07) is 4.88. The summed E-state index contributed by atoms with van der Waals surface area (Å²) in [6.07, 6.45) is 4.21. The Morgan fingerprint density at radius 3 is 2.97 bits per heavy atom. The van der Waals surface area contributed by atoms with E-state index in [4.69, 9.17) is 0 Å². The van der Waals surface area contributed by atoms with E-state index in [0.717, 1.165) is 5.56 Å². The van der Waals surface area contributed by atoms with Crippen LogP contribution in [0, 0.1) is 11.8 Å². The van der Waals surface area contributed by atoms with Gasteiger partial charge in [0.05, 0.1) is 18.6 Å². The van der Waals surface area contributed by atoms with Gasteiger partial charge in [-0.15, -0.1) is 0 Å². The van der Waals surface area contributed by atoms with E-state index >= 15 is 0 Å². The Kier molecular flexibility index (Phi) is 6.52. The van der Waals surface area contributed by atoms with Crippen LogP contribution < -0.4 is 10.6 Å². The van der Waals surface area contributed by atoms with E-state index in [0.29, 0.717) is 30.2 Å². The number of nitrogens with one attached hydrogen (secondary N) is 2. The van der Waals surface area contributed by atoms with Gasteiger partial charge in [-0.1, -0.05) is 5.92 Å². The average Bonchev–Trinajstić information content (AvgIpc) is 3.26. The van der Waals surface area contributed by atoms with Gasteiger partial charge in [0.15, 0.2) is 5.82 Å². The van der Waals surface area contributed by atoms with Crippen LogP contribution in [0.2, 0.25) is 0 Å². The van der Waals surface area contributed by atoms with Crippen LogP contribution in [0.4, 0.5) is 19.4 Å². The zero-order valence-corrected chi connectivity index (χ0v) is 15.6. The lowest BCUT2D eigenvalue weighted by Gasteiger charge is -2.04. The van der Waals surface area contributed by atoms with Gasteiger partial charge in [-0.2, -0.15) is 5.10 Å². The monoisotopic (exact) mass is 399 g/mol. The molecule has 0 saturated carbocycles. The maximum absolute atomic E-state index is 12.3. The maximum Gasteiger partial charge on any atom is 0.320 e. The van der Waals surface area contributed by atoms with Crippen molar-refractivity contribution in [3.05, 3.63) is 60.1 Å². The second-order valence-electron chi connectivity index (χ2n) is 6.11. The van der Waals surface area contributed by atoms with Crippen molar-refractivity contribution in [3.8, 4) is 11.8 Å². The minimum atomic E-state index is -2.43. The molecule has 8 nitrogen and oxygen atoms in total. The van der Waals surface area contributed by atoms with E-state index in [-0.39, 0.29) is 0 Å². The fraction of sp³-hybridized carbons (Fsp3) is 0.263. The Hall–Kier alpha value is -3.74. The van der Waals surface area contributed by atoms with E-state index in [1.807, 2.05) is 6.07 Å². The third-order valence-corrected chi connectivity index (χ3v) is 3.82. The van der Waals surface area contributed by atoms with Crippen LogP contribution in [0.3, 0.4) is 0 Å². The lowest BCUT2D eigenvalue weighted by molar-refractivity contribution is 0.126. The van der Waals surface area contributed by atoms with Gasteiger partial charge in [0.2, 0.25) is 0 Å². The van der Waals surface area contributed by atoms with Crippen LogP contribution in [-0.2, 0) is 20.0 Å². The highest BCUT2D eigenvalue weighted by molar-refractivity contribution is 5.88. The molecule has 0 atom stereocenters. The van der Waals surface area contributed by atoms with Gasteiger partial charge in [-0.05, 0) is 18.1 Å². The smallest absolute Gasteiger partial charge is 0.320 e. The van der Waals surface area contributed by atoms with Crippen molar-refractivity contribution in [2.75, 3.05) is 11.9 Å². The van der Waals surface area contributed by atoms with Crippen LogP contribution in [-0.4, -0.2) is 43.3 Å². The molecule has 0 radical (unpaired) electrons. The van der Waals surface area contributed by atoms with Gasteiger partial charge >= 0.3 is 6.03 Å². The molecule has 3 heterocycles. The van der Waals surface area contributed by atoms with Crippen molar-refractivity contribution in [1.82, 2.24) is 29.6 Å². The van der Waals surface area contributed by atoms with Crippen molar-refractivity contribution in [1.29, 1.82) is 0 Å². The fourth-order valence-corrected chi connectivity index (χ4v) is 2.48. The van der Waals surface area contributed by atoms with Crippen molar-refractivity contribution in [2.24, 2.45) is 7.05 Å². The van der Waals surface area contributed by atoms with E-state index in [1.165, 1.54) is 17.1 Å². The molecule has 0 saturated heterocycles. The molecule has 150 valence electrons. The molecule has 0 aliphatic rings. The minimum Gasteiger partial charge on any atom is -0.337 e. The molecule has 3 aromatic heterocycles. The molecular weight excluding hydrogens is 380 g/mol. The zero-order valence-electron chi connectivity index (χ0n) is 15.6. The van der Waals surface area contributed by atoms with Gasteiger partial charge in [-0.3, -0.25) is 15.0 Å². The number of halogens is 2. The van der Waals surface area contributed by atoms with Gasteiger partial charge in [0.1, 0.15) is 5.69 Å². The number of nitrogens with zero attached hydrogens (tertiary/aromatic N) is 5. The molecule has 0 spiro atoms. The molecule has 3 rings (SSSR count). The normalized spacial score (nSPS) is 10.5. The Labute approximate surface area is 166 Å². The van der Waals surface area contributed by atoms with Gasteiger partial charge < -0.3 is 9.88 Å². The summed E-state index contributed by atoms with van der Waals surface area (Å²) >= 11 is 0. The van der Waals surface area contributed by atoms with Gasteiger partial charge in [-0.25, -0.2) is 18.6 Å². The molecule has 0 aliphatic carbocycles. The minimum absolute atomic E-state index is 0.304. The van der Waals surface area contributed by atoms with Crippen LogP contribution >= 0.6 is 0 Å². The number of alkyl halides is 2. The first-order chi connectivity index (χ1) is 14.0. The summed E-state index contributed by atoms with van der Waals surface area (Å²) < 4.78 is 27.5. The average molecular weight is 399 g/mol. The lowest BCUT2D eigenvalue weighted by atomic mass is 10.3. The van der Waals surface area contributed by atoms with Crippen molar-refractivity contribution >= 4 is 11.8 Å². The fourth-order valence-electron chi connectivity index (χ4n) is 2.48. The third-order valence-electron chi connectivity index (χ3n) is 3.82. The standard InChI is InChI=1S/C19H19F2N7O/c1-27-16(5-4-14-3-2-7-22-10-14)9-18(26-27)25-19(29)23-8-6-15-11-28(13-24-15)12-17(20)21/h2-3,7,9-11,13,17H,6,8,12H2,1H3,(H2,23,25,26,29). The number of amides is 2. The van der Waals surface area contributed by atoms with Crippen LogP contribution in [0.5, 0.6) is 0 Å². The number of rotatable bonds is 6.